The van der Waals surface area contributed by atoms with E-state index in [1.165, 1.54) is 12.1 Å². The number of nitrogens with one attached hydrogen (secondary N) is 2. The molecule has 0 saturated heterocycles. The van der Waals surface area contributed by atoms with Crippen LogP contribution < -0.4 is 16.6 Å². The van der Waals surface area contributed by atoms with Crippen LogP contribution in [-0.2, 0) is 0 Å². The number of anilines is 2. The number of pyridine rings is 1. The van der Waals surface area contributed by atoms with Crippen molar-refractivity contribution in [3.05, 3.63) is 52.7 Å². The number of hydrogen-bond acceptors (Lipinski definition) is 5. The number of nitrogens with zero attached hydrogens (tertiary/aromatic N) is 2. The van der Waals surface area contributed by atoms with E-state index in [-0.39, 0.29) is 16.9 Å². The Morgan fingerprint density at radius 1 is 1.35 bits per heavy atom. The molecule has 1 amide bonds. The summed E-state index contributed by atoms with van der Waals surface area (Å²) in [6.07, 6.45) is 0. The molecular weight excluding hydrogens is 278 g/mol. The Hall–Kier alpha value is -2.62. The van der Waals surface area contributed by atoms with E-state index < -0.39 is 0 Å². The molecule has 0 aliphatic carbocycles. The van der Waals surface area contributed by atoms with Crippen molar-refractivity contribution >= 4 is 29.0 Å². The Kier molecular flexibility index (Phi) is 4.15. The van der Waals surface area contributed by atoms with Crippen molar-refractivity contribution < 1.29 is 4.79 Å². The maximum Gasteiger partial charge on any atom is 0.255 e. The first kappa shape index (κ1) is 13.8. The third kappa shape index (κ3) is 3.23. The van der Waals surface area contributed by atoms with Gasteiger partial charge in [-0.25, -0.2) is 10.8 Å². The predicted molar refractivity (Wildman–Crippen MR) is 76.2 cm³/mol. The Morgan fingerprint density at radius 2 is 2.15 bits per heavy atom. The van der Waals surface area contributed by atoms with Gasteiger partial charge in [0.15, 0.2) is 0 Å². The lowest BCUT2D eigenvalue weighted by atomic mass is 10.2. The van der Waals surface area contributed by atoms with E-state index in [1.807, 2.05) is 6.07 Å². The lowest BCUT2D eigenvalue weighted by molar-refractivity contribution is 0.102. The fourth-order valence-corrected chi connectivity index (χ4v) is 1.78. The number of carbonyl (C=O) groups is 1. The fraction of sp³-hybridized carbons (Fsp3) is 0. The second kappa shape index (κ2) is 6.02. The Labute approximate surface area is 120 Å². The smallest absolute Gasteiger partial charge is 0.255 e. The van der Waals surface area contributed by atoms with E-state index >= 15 is 0 Å². The van der Waals surface area contributed by atoms with E-state index in [0.29, 0.717) is 16.8 Å². The van der Waals surface area contributed by atoms with Crippen molar-refractivity contribution in [2.75, 3.05) is 10.7 Å². The van der Waals surface area contributed by atoms with Crippen molar-refractivity contribution in [2.24, 2.45) is 5.84 Å². The quantitative estimate of drug-likeness (QED) is 0.456. The molecule has 7 heteroatoms. The summed E-state index contributed by atoms with van der Waals surface area (Å²) < 4.78 is 0. The molecule has 0 unspecified atom stereocenters. The van der Waals surface area contributed by atoms with Crippen molar-refractivity contribution in [1.29, 1.82) is 5.26 Å². The first-order valence-electron chi connectivity index (χ1n) is 5.58. The Morgan fingerprint density at radius 3 is 2.85 bits per heavy atom. The molecule has 2 rings (SSSR count). The van der Waals surface area contributed by atoms with Gasteiger partial charge >= 0.3 is 0 Å². The number of hydrazine groups is 1. The van der Waals surface area contributed by atoms with Crippen molar-refractivity contribution in [3.63, 3.8) is 0 Å². The van der Waals surface area contributed by atoms with Gasteiger partial charge in [0.25, 0.3) is 5.91 Å². The number of halogens is 1. The molecule has 0 atom stereocenters. The summed E-state index contributed by atoms with van der Waals surface area (Å²) in [5, 5.41) is 11.6. The topological polar surface area (TPSA) is 104 Å². The molecule has 0 radical (unpaired) electrons. The van der Waals surface area contributed by atoms with Crippen molar-refractivity contribution in [2.45, 2.75) is 0 Å². The Bertz CT molecular complexity index is 695. The molecule has 100 valence electrons. The molecule has 2 aromatic rings. The average molecular weight is 288 g/mol. The minimum absolute atomic E-state index is 0.149. The van der Waals surface area contributed by atoms with Gasteiger partial charge in [0, 0.05) is 11.3 Å². The number of nitriles is 1. The summed E-state index contributed by atoms with van der Waals surface area (Å²) in [5.41, 5.74) is 3.61. The van der Waals surface area contributed by atoms with Gasteiger partial charge in [0.2, 0.25) is 0 Å². The summed E-state index contributed by atoms with van der Waals surface area (Å²) in [4.78, 5) is 16.0. The Balaban J connectivity index is 2.23. The van der Waals surface area contributed by atoms with Crippen LogP contribution in [0.4, 0.5) is 11.5 Å². The summed E-state index contributed by atoms with van der Waals surface area (Å²) in [6, 6.07) is 11.5. The van der Waals surface area contributed by atoms with Gasteiger partial charge in [-0.05, 0) is 30.3 Å². The zero-order chi connectivity index (χ0) is 14.5. The maximum atomic E-state index is 12.1. The standard InChI is InChI=1S/C13H10ClN5O/c14-11-5-9(6-12(18-11)19-16)13(20)17-10-3-1-2-8(4-10)7-15/h1-6H,16H2,(H,17,20)(H,18,19). The maximum absolute atomic E-state index is 12.1. The molecule has 0 bridgehead atoms. The highest BCUT2D eigenvalue weighted by atomic mass is 35.5. The predicted octanol–water partition coefficient (Wildman–Crippen LogP) is 2.14. The fourth-order valence-electron chi connectivity index (χ4n) is 1.57. The molecule has 1 aromatic heterocycles. The van der Waals surface area contributed by atoms with E-state index in [4.69, 9.17) is 22.7 Å². The monoisotopic (exact) mass is 287 g/mol. The number of nitrogen functional groups attached to an aromatic ring is 1. The SMILES string of the molecule is N#Cc1cccc(NC(=O)c2cc(Cl)nc(NN)c2)c1. The second-order valence-electron chi connectivity index (χ2n) is 3.85. The molecule has 1 heterocycles. The highest BCUT2D eigenvalue weighted by Crippen LogP contribution is 2.16. The molecular formula is C13H10ClN5O. The molecule has 1 aromatic carbocycles. The summed E-state index contributed by atoms with van der Waals surface area (Å²) in [5.74, 6) is 5.15. The van der Waals surface area contributed by atoms with E-state index in [1.54, 1.807) is 24.3 Å². The summed E-state index contributed by atoms with van der Waals surface area (Å²) in [6.45, 7) is 0. The van der Waals surface area contributed by atoms with Crippen LogP contribution in [0.2, 0.25) is 5.15 Å². The van der Waals surface area contributed by atoms with Crippen LogP contribution in [0.5, 0.6) is 0 Å². The second-order valence-corrected chi connectivity index (χ2v) is 4.24. The summed E-state index contributed by atoms with van der Waals surface area (Å²) >= 11 is 5.79. The van der Waals surface area contributed by atoms with Crippen LogP contribution in [0.15, 0.2) is 36.4 Å². The van der Waals surface area contributed by atoms with Crippen LogP contribution in [0.1, 0.15) is 15.9 Å². The number of rotatable bonds is 3. The van der Waals surface area contributed by atoms with Crippen molar-refractivity contribution in [3.8, 4) is 6.07 Å². The average Bonchev–Trinajstić information content (AvgIpc) is 2.46. The number of amides is 1. The normalized spacial score (nSPS) is 9.65. The van der Waals surface area contributed by atoms with Crippen molar-refractivity contribution in [1.82, 2.24) is 4.98 Å². The summed E-state index contributed by atoms with van der Waals surface area (Å²) in [7, 11) is 0. The number of hydrogen-bond donors (Lipinski definition) is 3. The number of benzene rings is 1. The molecule has 4 N–H and O–H groups in total. The van der Waals surface area contributed by atoms with Crippen LogP contribution in [0, 0.1) is 11.3 Å². The van der Waals surface area contributed by atoms with Crippen LogP contribution in [0.25, 0.3) is 0 Å². The van der Waals surface area contributed by atoms with Gasteiger partial charge in [-0.2, -0.15) is 5.26 Å². The van der Waals surface area contributed by atoms with Gasteiger partial charge in [0.05, 0.1) is 11.6 Å². The van der Waals surface area contributed by atoms with E-state index in [2.05, 4.69) is 15.7 Å². The van der Waals surface area contributed by atoms with Gasteiger partial charge in [-0.15, -0.1) is 0 Å². The number of aromatic nitrogens is 1. The largest absolute Gasteiger partial charge is 0.322 e. The lowest BCUT2D eigenvalue weighted by Gasteiger charge is -2.07. The first-order valence-corrected chi connectivity index (χ1v) is 5.96. The first-order chi connectivity index (χ1) is 9.62. The molecule has 0 spiro atoms. The van der Waals surface area contributed by atoms with E-state index in [9.17, 15) is 4.79 Å². The molecule has 20 heavy (non-hydrogen) atoms. The van der Waals surface area contributed by atoms with Crippen LogP contribution in [0.3, 0.4) is 0 Å². The molecule has 6 nitrogen and oxygen atoms in total. The number of nitrogens with two attached hydrogens (primary N) is 1. The van der Waals surface area contributed by atoms with Gasteiger partial charge in [-0.1, -0.05) is 17.7 Å². The van der Waals surface area contributed by atoms with Crippen LogP contribution >= 0.6 is 11.6 Å². The van der Waals surface area contributed by atoms with Gasteiger partial charge in [-0.3, -0.25) is 4.79 Å². The highest BCUT2D eigenvalue weighted by molar-refractivity contribution is 6.30. The third-order valence-electron chi connectivity index (χ3n) is 2.45. The molecule has 0 aliphatic rings. The molecule has 0 aliphatic heterocycles. The third-order valence-corrected chi connectivity index (χ3v) is 2.65. The molecule has 0 saturated carbocycles. The minimum atomic E-state index is -0.374. The highest BCUT2D eigenvalue weighted by Gasteiger charge is 2.09. The lowest BCUT2D eigenvalue weighted by Crippen LogP contribution is -2.14. The van der Waals surface area contributed by atoms with Gasteiger partial charge in [0.1, 0.15) is 11.0 Å². The minimum Gasteiger partial charge on any atom is -0.322 e. The van der Waals surface area contributed by atoms with Gasteiger partial charge < -0.3 is 10.7 Å². The van der Waals surface area contributed by atoms with Crippen LogP contribution in [-0.4, -0.2) is 10.9 Å². The zero-order valence-electron chi connectivity index (χ0n) is 10.2. The van der Waals surface area contributed by atoms with E-state index in [0.717, 1.165) is 0 Å². The molecule has 0 fully saturated rings. The zero-order valence-corrected chi connectivity index (χ0v) is 11.0. The number of carbonyl (C=O) groups excluding carboxylic acids is 1.